The van der Waals surface area contributed by atoms with Crippen LogP contribution in [0.4, 0.5) is 0 Å². The lowest BCUT2D eigenvalue weighted by Crippen LogP contribution is -2.32. The Morgan fingerprint density at radius 2 is 1.70 bits per heavy atom. The van der Waals surface area contributed by atoms with E-state index in [0.29, 0.717) is 5.92 Å². The van der Waals surface area contributed by atoms with Crippen LogP contribution in [0.15, 0.2) is 24.3 Å². The molecule has 0 unspecified atom stereocenters. The van der Waals surface area contributed by atoms with E-state index >= 15 is 0 Å². The lowest BCUT2D eigenvalue weighted by Gasteiger charge is -2.26. The molecule has 0 bridgehead atoms. The molecular weight excluding hydrogens is 250 g/mol. The Balaban J connectivity index is 1.83. The van der Waals surface area contributed by atoms with Gasteiger partial charge in [0.1, 0.15) is 0 Å². The highest BCUT2D eigenvalue weighted by Crippen LogP contribution is 2.41. The molecule has 2 fully saturated rings. The highest BCUT2D eigenvalue weighted by atomic mass is 16.4. The van der Waals surface area contributed by atoms with E-state index in [2.05, 4.69) is 29.6 Å². The molecule has 1 aliphatic carbocycles. The summed E-state index contributed by atoms with van der Waals surface area (Å²) in [5.74, 6) is -0.0146. The third-order valence-corrected chi connectivity index (χ3v) is 5.14. The zero-order valence-corrected chi connectivity index (χ0v) is 11.9. The maximum atomic E-state index is 11.7. The van der Waals surface area contributed by atoms with Gasteiger partial charge in [0.05, 0.1) is 5.41 Å². The Labute approximate surface area is 120 Å². The van der Waals surface area contributed by atoms with Gasteiger partial charge in [-0.15, -0.1) is 0 Å². The molecule has 2 aliphatic rings. The highest BCUT2D eigenvalue weighted by Gasteiger charge is 2.42. The van der Waals surface area contributed by atoms with E-state index in [4.69, 9.17) is 0 Å². The maximum Gasteiger partial charge on any atom is 0.314 e. The molecule has 0 aromatic heterocycles. The number of carbonyl (C=O) groups is 1. The monoisotopic (exact) mass is 273 g/mol. The Kier molecular flexibility index (Phi) is 3.79. The van der Waals surface area contributed by atoms with Gasteiger partial charge in [0.2, 0.25) is 0 Å². The van der Waals surface area contributed by atoms with Crippen molar-refractivity contribution in [1.82, 2.24) is 5.32 Å². The van der Waals surface area contributed by atoms with Gasteiger partial charge in [0, 0.05) is 0 Å². The highest BCUT2D eigenvalue weighted by molar-refractivity contribution is 5.81. The second-order valence-electron chi connectivity index (χ2n) is 6.24. The molecule has 1 saturated heterocycles. The van der Waals surface area contributed by atoms with E-state index in [1.54, 1.807) is 0 Å². The van der Waals surface area contributed by atoms with Crippen LogP contribution < -0.4 is 5.32 Å². The average molecular weight is 273 g/mol. The molecule has 0 amide bonds. The van der Waals surface area contributed by atoms with Gasteiger partial charge in [-0.2, -0.15) is 0 Å². The summed E-state index contributed by atoms with van der Waals surface area (Å²) in [6.45, 7) is 2.18. The molecule has 3 heteroatoms. The Morgan fingerprint density at radius 3 is 2.25 bits per heavy atom. The van der Waals surface area contributed by atoms with Crippen LogP contribution >= 0.6 is 0 Å². The van der Waals surface area contributed by atoms with Gasteiger partial charge in [0.15, 0.2) is 0 Å². The minimum atomic E-state index is -0.649. The topological polar surface area (TPSA) is 49.3 Å². The van der Waals surface area contributed by atoms with E-state index in [9.17, 15) is 9.90 Å². The first-order valence-electron chi connectivity index (χ1n) is 7.77. The Morgan fingerprint density at radius 1 is 1.10 bits per heavy atom. The van der Waals surface area contributed by atoms with Crippen LogP contribution in [0.5, 0.6) is 0 Å². The van der Waals surface area contributed by atoms with Crippen molar-refractivity contribution < 1.29 is 9.90 Å². The molecule has 108 valence electrons. The number of rotatable bonds is 3. The summed E-state index contributed by atoms with van der Waals surface area (Å²) in [5.41, 5.74) is 1.75. The summed E-state index contributed by atoms with van der Waals surface area (Å²) in [5, 5.41) is 13.0. The summed E-state index contributed by atoms with van der Waals surface area (Å²) >= 11 is 0. The van der Waals surface area contributed by atoms with Gasteiger partial charge in [0.25, 0.3) is 0 Å². The Bertz CT molecular complexity index is 468. The zero-order valence-electron chi connectivity index (χ0n) is 11.9. The summed E-state index contributed by atoms with van der Waals surface area (Å²) in [4.78, 5) is 11.7. The van der Waals surface area contributed by atoms with Crippen molar-refractivity contribution in [2.24, 2.45) is 0 Å². The van der Waals surface area contributed by atoms with Crippen LogP contribution in [0.3, 0.4) is 0 Å². The lowest BCUT2D eigenvalue weighted by atomic mass is 9.78. The quantitative estimate of drug-likeness (QED) is 0.890. The number of carboxylic acids is 1. The van der Waals surface area contributed by atoms with Crippen molar-refractivity contribution >= 4 is 5.97 Å². The van der Waals surface area contributed by atoms with Crippen LogP contribution in [0.2, 0.25) is 0 Å². The molecule has 2 N–H and O–H groups in total. The number of hydrogen-bond acceptors (Lipinski definition) is 2. The molecule has 3 nitrogen and oxygen atoms in total. The van der Waals surface area contributed by atoms with Crippen LogP contribution in [0.25, 0.3) is 0 Å². The minimum Gasteiger partial charge on any atom is -0.481 e. The number of hydrogen-bond donors (Lipinski definition) is 2. The number of aliphatic carboxylic acids is 1. The van der Waals surface area contributed by atoms with Gasteiger partial charge in [-0.25, -0.2) is 0 Å². The first-order chi connectivity index (χ1) is 9.72. The number of nitrogens with one attached hydrogen (secondary N) is 1. The van der Waals surface area contributed by atoms with Gasteiger partial charge >= 0.3 is 5.97 Å². The smallest absolute Gasteiger partial charge is 0.314 e. The molecule has 0 radical (unpaired) electrons. The second kappa shape index (κ2) is 5.57. The van der Waals surface area contributed by atoms with E-state index < -0.39 is 11.4 Å². The van der Waals surface area contributed by atoms with Crippen molar-refractivity contribution in [3.63, 3.8) is 0 Å². The van der Waals surface area contributed by atoms with Crippen LogP contribution in [-0.4, -0.2) is 24.2 Å². The molecule has 0 spiro atoms. The molecule has 1 heterocycles. The van der Waals surface area contributed by atoms with Crippen molar-refractivity contribution in [2.75, 3.05) is 13.1 Å². The van der Waals surface area contributed by atoms with Crippen LogP contribution in [0.1, 0.15) is 55.6 Å². The first-order valence-corrected chi connectivity index (χ1v) is 7.77. The fourth-order valence-corrected chi connectivity index (χ4v) is 3.83. The van der Waals surface area contributed by atoms with Gasteiger partial charge in [-0.1, -0.05) is 37.1 Å². The SMILES string of the molecule is O=C(O)C1(c2ccc(C3CCNCC3)cc2)CCCC1. The molecule has 20 heavy (non-hydrogen) atoms. The van der Waals surface area contributed by atoms with Crippen molar-refractivity contribution in [2.45, 2.75) is 49.9 Å². The average Bonchev–Trinajstić information content (AvgIpc) is 2.99. The molecule has 1 saturated carbocycles. The molecule has 0 atom stereocenters. The third kappa shape index (κ3) is 2.35. The van der Waals surface area contributed by atoms with Gasteiger partial charge < -0.3 is 10.4 Å². The maximum absolute atomic E-state index is 11.7. The van der Waals surface area contributed by atoms with Crippen LogP contribution in [-0.2, 0) is 10.2 Å². The van der Waals surface area contributed by atoms with E-state index in [-0.39, 0.29) is 0 Å². The largest absolute Gasteiger partial charge is 0.481 e. The zero-order chi connectivity index (χ0) is 14.0. The third-order valence-electron chi connectivity index (χ3n) is 5.14. The van der Waals surface area contributed by atoms with Crippen molar-refractivity contribution in [3.05, 3.63) is 35.4 Å². The first kappa shape index (κ1) is 13.6. The lowest BCUT2D eigenvalue weighted by molar-refractivity contribution is -0.143. The molecule has 1 aromatic rings. The second-order valence-corrected chi connectivity index (χ2v) is 6.24. The number of carboxylic acid groups (broad SMARTS) is 1. The molecule has 1 aliphatic heterocycles. The standard InChI is InChI=1S/C17H23NO2/c19-16(20)17(9-1-2-10-17)15-5-3-13(4-6-15)14-7-11-18-12-8-14/h3-6,14,18H,1-2,7-12H2,(H,19,20). The fraction of sp³-hybridized carbons (Fsp3) is 0.588. The predicted molar refractivity (Wildman–Crippen MR) is 79.1 cm³/mol. The summed E-state index contributed by atoms with van der Waals surface area (Å²) < 4.78 is 0. The predicted octanol–water partition coefficient (Wildman–Crippen LogP) is 3.05. The fourth-order valence-electron chi connectivity index (χ4n) is 3.83. The minimum absolute atomic E-state index is 0.618. The normalized spacial score (nSPS) is 22.8. The Hall–Kier alpha value is -1.35. The van der Waals surface area contributed by atoms with E-state index in [1.165, 1.54) is 18.4 Å². The van der Waals surface area contributed by atoms with Crippen molar-refractivity contribution in [3.8, 4) is 0 Å². The van der Waals surface area contributed by atoms with E-state index in [1.807, 2.05) is 0 Å². The number of benzene rings is 1. The van der Waals surface area contributed by atoms with Crippen molar-refractivity contribution in [1.29, 1.82) is 0 Å². The molecule has 3 rings (SSSR count). The van der Waals surface area contributed by atoms with E-state index in [0.717, 1.165) is 44.3 Å². The summed E-state index contributed by atoms with van der Waals surface area (Å²) in [7, 11) is 0. The summed E-state index contributed by atoms with van der Waals surface area (Å²) in [6, 6.07) is 8.45. The molecule has 1 aromatic carbocycles. The molecular formula is C17H23NO2. The van der Waals surface area contributed by atoms with Crippen LogP contribution in [0, 0.1) is 0 Å². The number of piperidine rings is 1. The van der Waals surface area contributed by atoms with Gasteiger partial charge in [-0.3, -0.25) is 4.79 Å². The summed E-state index contributed by atoms with van der Waals surface area (Å²) in [6.07, 6.45) is 6.00. The van der Waals surface area contributed by atoms with Gasteiger partial charge in [-0.05, 0) is 55.8 Å².